The van der Waals surface area contributed by atoms with Crippen molar-refractivity contribution in [3.63, 3.8) is 0 Å². The molecule has 0 spiro atoms. The van der Waals surface area contributed by atoms with Crippen molar-refractivity contribution in [1.82, 2.24) is 10.3 Å². The van der Waals surface area contributed by atoms with Crippen molar-refractivity contribution >= 4 is 40.8 Å². The van der Waals surface area contributed by atoms with Crippen LogP contribution in [0, 0.1) is 0 Å². The molecular weight excluding hydrogens is 332 g/mol. The molecule has 0 unspecified atom stereocenters. The number of nitrogens with zero attached hydrogens (tertiary/aromatic N) is 1. The lowest BCUT2D eigenvalue weighted by molar-refractivity contribution is -0.122. The molecule has 3 rings (SSSR count). The van der Waals surface area contributed by atoms with Crippen molar-refractivity contribution in [2.75, 3.05) is 10.6 Å². The van der Waals surface area contributed by atoms with Gasteiger partial charge in [-0.3, -0.25) is 14.4 Å². The van der Waals surface area contributed by atoms with E-state index in [2.05, 4.69) is 20.9 Å². The number of aromatic nitrogens is 1. The molecule has 0 bridgehead atoms. The van der Waals surface area contributed by atoms with E-state index in [4.69, 9.17) is 11.6 Å². The number of carbonyl (C=O) groups is 3. The van der Waals surface area contributed by atoms with E-state index < -0.39 is 23.8 Å². The highest BCUT2D eigenvalue weighted by atomic mass is 35.5. The number of hydrogen-bond donors (Lipinski definition) is 3. The molecule has 0 aliphatic carbocycles. The fourth-order valence-electron chi connectivity index (χ4n) is 2.28. The third-order valence-corrected chi connectivity index (χ3v) is 3.66. The van der Waals surface area contributed by atoms with Gasteiger partial charge >= 0.3 is 0 Å². The molecule has 1 aliphatic heterocycles. The summed E-state index contributed by atoms with van der Waals surface area (Å²) in [5, 5.41) is 8.20. The molecule has 1 aromatic heterocycles. The van der Waals surface area contributed by atoms with Gasteiger partial charge in [-0.1, -0.05) is 23.7 Å². The van der Waals surface area contributed by atoms with Crippen molar-refractivity contribution < 1.29 is 14.4 Å². The number of nitrogens with one attached hydrogen (secondary N) is 3. The second-order valence-corrected chi connectivity index (χ2v) is 5.61. The Bertz CT molecular complexity index is 807. The molecule has 8 heteroatoms. The lowest BCUT2D eigenvalue weighted by atomic mass is 10.1. The standard InChI is InChI=1S/C16H13ClN4O3/c17-9-5-6-13(18-8-9)21-14(22)7-12-16(24)19-11-4-2-1-3-10(11)15(23)20-12/h1-6,8,12H,7H2,(H,19,24)(H,20,23)(H,18,21,22)/t12-/m0/s1. The number of para-hydroxylation sites is 1. The average molecular weight is 345 g/mol. The average Bonchev–Trinajstić information content (AvgIpc) is 2.67. The zero-order valence-corrected chi connectivity index (χ0v) is 13.1. The van der Waals surface area contributed by atoms with Crippen LogP contribution in [0.3, 0.4) is 0 Å². The molecule has 2 aromatic rings. The molecule has 1 aromatic carbocycles. The smallest absolute Gasteiger partial charge is 0.254 e. The van der Waals surface area contributed by atoms with Gasteiger partial charge in [-0.2, -0.15) is 0 Å². The van der Waals surface area contributed by atoms with Gasteiger partial charge < -0.3 is 16.0 Å². The summed E-state index contributed by atoms with van der Waals surface area (Å²) in [6, 6.07) is 8.80. The highest BCUT2D eigenvalue weighted by Gasteiger charge is 2.29. The van der Waals surface area contributed by atoms with Crippen LogP contribution in [0.4, 0.5) is 11.5 Å². The number of rotatable bonds is 3. The van der Waals surface area contributed by atoms with Crippen LogP contribution in [0.1, 0.15) is 16.8 Å². The number of fused-ring (bicyclic) bond motifs is 1. The molecule has 122 valence electrons. The van der Waals surface area contributed by atoms with E-state index in [1.165, 1.54) is 6.20 Å². The maximum absolute atomic E-state index is 12.2. The molecule has 24 heavy (non-hydrogen) atoms. The first-order chi connectivity index (χ1) is 11.5. The fraction of sp³-hybridized carbons (Fsp3) is 0.125. The Morgan fingerprint density at radius 3 is 2.75 bits per heavy atom. The summed E-state index contributed by atoms with van der Waals surface area (Å²) in [6.07, 6.45) is 1.18. The van der Waals surface area contributed by atoms with Gasteiger partial charge in [0.25, 0.3) is 5.91 Å². The first-order valence-electron chi connectivity index (χ1n) is 7.15. The van der Waals surface area contributed by atoms with Gasteiger partial charge in [0.1, 0.15) is 11.9 Å². The predicted molar refractivity (Wildman–Crippen MR) is 88.8 cm³/mol. The molecule has 3 amide bonds. The Balaban J connectivity index is 1.69. The summed E-state index contributed by atoms with van der Waals surface area (Å²) < 4.78 is 0. The Kier molecular flexibility index (Phi) is 4.43. The van der Waals surface area contributed by atoms with Gasteiger partial charge in [0.2, 0.25) is 11.8 Å². The van der Waals surface area contributed by atoms with Crippen LogP contribution < -0.4 is 16.0 Å². The number of benzene rings is 1. The molecule has 3 N–H and O–H groups in total. The summed E-state index contributed by atoms with van der Waals surface area (Å²) in [6.45, 7) is 0. The van der Waals surface area contributed by atoms with Crippen LogP contribution in [-0.4, -0.2) is 28.7 Å². The van der Waals surface area contributed by atoms with Crippen molar-refractivity contribution in [2.24, 2.45) is 0 Å². The molecule has 1 atom stereocenters. The molecule has 7 nitrogen and oxygen atoms in total. The number of anilines is 2. The highest BCUT2D eigenvalue weighted by molar-refractivity contribution is 6.30. The van der Waals surface area contributed by atoms with Crippen LogP contribution in [0.2, 0.25) is 5.02 Å². The number of carbonyl (C=O) groups excluding carboxylic acids is 3. The summed E-state index contributed by atoms with van der Waals surface area (Å²) in [7, 11) is 0. The zero-order valence-electron chi connectivity index (χ0n) is 12.4. The van der Waals surface area contributed by atoms with E-state index in [1.807, 2.05) is 0 Å². The summed E-state index contributed by atoms with van der Waals surface area (Å²) in [4.78, 5) is 40.4. The Labute approximate surface area is 142 Å². The number of hydrogen-bond acceptors (Lipinski definition) is 4. The minimum absolute atomic E-state index is 0.212. The Hall–Kier alpha value is -2.93. The van der Waals surface area contributed by atoms with Crippen LogP contribution >= 0.6 is 11.6 Å². The van der Waals surface area contributed by atoms with Crippen molar-refractivity contribution in [2.45, 2.75) is 12.5 Å². The van der Waals surface area contributed by atoms with Crippen LogP contribution in [0.15, 0.2) is 42.6 Å². The van der Waals surface area contributed by atoms with Gasteiger partial charge in [0.05, 0.1) is 22.7 Å². The van der Waals surface area contributed by atoms with Crippen LogP contribution in [0.5, 0.6) is 0 Å². The largest absolute Gasteiger partial charge is 0.340 e. The topological polar surface area (TPSA) is 100 Å². The maximum atomic E-state index is 12.2. The fourth-order valence-corrected chi connectivity index (χ4v) is 2.40. The molecule has 0 fully saturated rings. The summed E-state index contributed by atoms with van der Waals surface area (Å²) in [5.41, 5.74) is 0.774. The quantitative estimate of drug-likeness (QED) is 0.790. The van der Waals surface area contributed by atoms with Gasteiger partial charge in [0.15, 0.2) is 0 Å². The SMILES string of the molecule is O=C(C[C@@H]1NC(=O)c2ccccc2NC1=O)Nc1ccc(Cl)cn1. The zero-order chi connectivity index (χ0) is 17.1. The van der Waals surface area contributed by atoms with Crippen molar-refractivity contribution in [1.29, 1.82) is 0 Å². The van der Waals surface area contributed by atoms with Gasteiger partial charge in [-0.25, -0.2) is 4.98 Å². The number of halogens is 1. The van der Waals surface area contributed by atoms with Gasteiger partial charge in [-0.15, -0.1) is 0 Å². The molecule has 1 aliphatic rings. The minimum atomic E-state index is -0.975. The minimum Gasteiger partial charge on any atom is -0.340 e. The monoisotopic (exact) mass is 344 g/mol. The first-order valence-corrected chi connectivity index (χ1v) is 7.53. The lowest BCUT2D eigenvalue weighted by Gasteiger charge is -2.14. The first kappa shape index (κ1) is 15.9. The molecule has 0 radical (unpaired) electrons. The van der Waals surface area contributed by atoms with Gasteiger partial charge in [0, 0.05) is 6.20 Å². The van der Waals surface area contributed by atoms with Crippen molar-refractivity contribution in [3.8, 4) is 0 Å². The van der Waals surface area contributed by atoms with E-state index in [1.54, 1.807) is 36.4 Å². The second kappa shape index (κ2) is 6.67. The lowest BCUT2D eigenvalue weighted by Crippen LogP contribution is -2.43. The van der Waals surface area contributed by atoms with E-state index in [-0.39, 0.29) is 6.42 Å². The van der Waals surface area contributed by atoms with Crippen LogP contribution in [-0.2, 0) is 9.59 Å². The molecule has 0 saturated heterocycles. The second-order valence-electron chi connectivity index (χ2n) is 5.17. The maximum Gasteiger partial charge on any atom is 0.254 e. The third-order valence-electron chi connectivity index (χ3n) is 3.44. The van der Waals surface area contributed by atoms with E-state index in [9.17, 15) is 14.4 Å². The van der Waals surface area contributed by atoms with E-state index >= 15 is 0 Å². The molecule has 0 saturated carbocycles. The Morgan fingerprint density at radius 1 is 1.21 bits per heavy atom. The van der Waals surface area contributed by atoms with Gasteiger partial charge in [-0.05, 0) is 24.3 Å². The summed E-state index contributed by atoms with van der Waals surface area (Å²) >= 11 is 5.73. The number of pyridine rings is 1. The highest BCUT2D eigenvalue weighted by Crippen LogP contribution is 2.19. The van der Waals surface area contributed by atoms with Crippen LogP contribution in [0.25, 0.3) is 0 Å². The Morgan fingerprint density at radius 2 is 2.00 bits per heavy atom. The van der Waals surface area contributed by atoms with E-state index in [0.717, 1.165) is 0 Å². The third kappa shape index (κ3) is 3.52. The van der Waals surface area contributed by atoms with E-state index in [0.29, 0.717) is 22.1 Å². The van der Waals surface area contributed by atoms with Crippen molar-refractivity contribution in [3.05, 3.63) is 53.2 Å². The normalized spacial score (nSPS) is 16.5. The predicted octanol–water partition coefficient (Wildman–Crippen LogP) is 1.81. The number of amides is 3. The molecular formula is C16H13ClN4O3. The molecule has 2 heterocycles. The summed E-state index contributed by atoms with van der Waals surface area (Å²) in [5.74, 6) is -0.997.